The first-order valence-corrected chi connectivity index (χ1v) is 15.1. The molecule has 9 heteroatoms. The molecule has 0 N–H and O–H groups in total. The fourth-order valence-electron chi connectivity index (χ4n) is 4.29. The van der Waals surface area contributed by atoms with E-state index in [0.29, 0.717) is 19.0 Å². The normalized spacial score (nSPS) is 10.7. The number of ether oxygens (including phenoxy) is 4. The van der Waals surface area contributed by atoms with Crippen LogP contribution in [0, 0.1) is 10.1 Å². The van der Waals surface area contributed by atoms with Crippen LogP contribution in [0.1, 0.15) is 98.8 Å². The van der Waals surface area contributed by atoms with Crippen molar-refractivity contribution < 1.29 is 33.5 Å². The number of nitrogens with zero attached hydrogens (tertiary/aromatic N) is 1. The monoisotopic (exact) mass is 591 g/mol. The van der Waals surface area contributed by atoms with E-state index in [4.69, 9.17) is 18.9 Å². The molecular formula is C34H41NO8. The molecule has 3 aromatic rings. The van der Waals surface area contributed by atoms with Crippen LogP contribution in [-0.2, 0) is 0 Å². The molecule has 0 aliphatic heterocycles. The summed E-state index contributed by atoms with van der Waals surface area (Å²) in [4.78, 5) is 36.2. The quantitative estimate of drug-likeness (QED) is 0.0447. The van der Waals surface area contributed by atoms with E-state index in [9.17, 15) is 19.7 Å². The highest BCUT2D eigenvalue weighted by molar-refractivity contribution is 5.93. The van der Waals surface area contributed by atoms with Gasteiger partial charge in [0.25, 0.3) is 0 Å². The Morgan fingerprint density at radius 1 is 0.605 bits per heavy atom. The van der Waals surface area contributed by atoms with Gasteiger partial charge in [-0.2, -0.15) is 0 Å². The molecule has 0 aliphatic rings. The van der Waals surface area contributed by atoms with Crippen molar-refractivity contribution in [3.8, 4) is 23.0 Å². The van der Waals surface area contributed by atoms with Gasteiger partial charge in [0.2, 0.25) is 0 Å². The Balaban J connectivity index is 1.49. The predicted octanol–water partition coefficient (Wildman–Crippen LogP) is 8.73. The lowest BCUT2D eigenvalue weighted by molar-refractivity contribution is -0.385. The van der Waals surface area contributed by atoms with Gasteiger partial charge in [-0.25, -0.2) is 9.59 Å². The van der Waals surface area contributed by atoms with Crippen molar-refractivity contribution in [3.63, 3.8) is 0 Å². The number of nitro benzene ring substituents is 1. The Kier molecular flexibility index (Phi) is 14.0. The maximum atomic E-state index is 12.7. The van der Waals surface area contributed by atoms with Crippen molar-refractivity contribution in [1.29, 1.82) is 0 Å². The lowest BCUT2D eigenvalue weighted by Gasteiger charge is -2.09. The number of carbonyl (C=O) groups excluding carboxylic acids is 2. The van der Waals surface area contributed by atoms with Gasteiger partial charge >= 0.3 is 17.6 Å². The van der Waals surface area contributed by atoms with Gasteiger partial charge in [0.15, 0.2) is 5.75 Å². The average molecular weight is 592 g/mol. The fraction of sp³-hybridized carbons (Fsp3) is 0.412. The van der Waals surface area contributed by atoms with Crippen molar-refractivity contribution in [3.05, 3.63) is 88.0 Å². The second kappa shape index (κ2) is 18.2. The maximum Gasteiger partial charge on any atom is 0.343 e. The van der Waals surface area contributed by atoms with Crippen LogP contribution in [0.5, 0.6) is 23.0 Å². The lowest BCUT2D eigenvalue weighted by Crippen LogP contribution is -2.11. The predicted molar refractivity (Wildman–Crippen MR) is 164 cm³/mol. The van der Waals surface area contributed by atoms with Gasteiger partial charge in [0.05, 0.1) is 29.3 Å². The van der Waals surface area contributed by atoms with Crippen molar-refractivity contribution in [2.75, 3.05) is 13.2 Å². The summed E-state index contributed by atoms with van der Waals surface area (Å²) in [6, 6.07) is 16.7. The standard InChI is InChI=1S/C34H41NO8/c1-3-5-7-9-10-12-23-40-28-18-20-30(21-19-28)42-33(36)26-13-16-29(17-14-26)43-34(37)27-15-22-32(31(25-27)35(38)39)41-24-11-8-6-4-2/h13-22,25H,3-12,23-24H2,1-2H3. The largest absolute Gasteiger partial charge is 0.494 e. The summed E-state index contributed by atoms with van der Waals surface area (Å²) >= 11 is 0. The van der Waals surface area contributed by atoms with E-state index in [1.54, 1.807) is 24.3 Å². The molecule has 0 unspecified atom stereocenters. The molecule has 0 aromatic heterocycles. The van der Waals surface area contributed by atoms with Crippen molar-refractivity contribution in [1.82, 2.24) is 0 Å². The Morgan fingerprint density at radius 3 is 1.67 bits per heavy atom. The van der Waals surface area contributed by atoms with Crippen molar-refractivity contribution in [2.24, 2.45) is 0 Å². The maximum absolute atomic E-state index is 12.7. The highest BCUT2D eigenvalue weighted by Crippen LogP contribution is 2.29. The zero-order valence-corrected chi connectivity index (χ0v) is 25.0. The van der Waals surface area contributed by atoms with E-state index >= 15 is 0 Å². The Bertz CT molecular complexity index is 1300. The summed E-state index contributed by atoms with van der Waals surface area (Å²) < 4.78 is 22.1. The highest BCUT2D eigenvalue weighted by atomic mass is 16.6. The van der Waals surface area contributed by atoms with Crippen LogP contribution in [0.3, 0.4) is 0 Å². The molecule has 230 valence electrons. The third-order valence-electron chi connectivity index (χ3n) is 6.75. The molecule has 0 fully saturated rings. The second-order valence-electron chi connectivity index (χ2n) is 10.2. The van der Waals surface area contributed by atoms with Crippen LogP contribution in [0.4, 0.5) is 5.69 Å². The third-order valence-corrected chi connectivity index (χ3v) is 6.75. The van der Waals surface area contributed by atoms with Crippen LogP contribution in [0.2, 0.25) is 0 Å². The van der Waals surface area contributed by atoms with Crippen LogP contribution >= 0.6 is 0 Å². The summed E-state index contributed by atoms with van der Waals surface area (Å²) in [5, 5.41) is 11.6. The zero-order valence-electron chi connectivity index (χ0n) is 25.0. The molecule has 0 atom stereocenters. The van der Waals surface area contributed by atoms with Crippen LogP contribution in [0.15, 0.2) is 66.7 Å². The molecule has 0 radical (unpaired) electrons. The van der Waals surface area contributed by atoms with Gasteiger partial charge < -0.3 is 18.9 Å². The molecular weight excluding hydrogens is 550 g/mol. The van der Waals surface area contributed by atoms with Crippen LogP contribution < -0.4 is 18.9 Å². The van der Waals surface area contributed by atoms with E-state index in [-0.39, 0.29) is 28.3 Å². The molecule has 3 aromatic carbocycles. The molecule has 0 spiro atoms. The number of benzene rings is 3. The van der Waals surface area contributed by atoms with Gasteiger partial charge in [-0.15, -0.1) is 0 Å². The lowest BCUT2D eigenvalue weighted by atomic mass is 10.1. The van der Waals surface area contributed by atoms with Crippen LogP contribution in [0.25, 0.3) is 0 Å². The third kappa shape index (κ3) is 11.4. The Hall–Kier alpha value is -4.40. The molecule has 43 heavy (non-hydrogen) atoms. The minimum atomic E-state index is -0.772. The van der Waals surface area contributed by atoms with E-state index < -0.39 is 16.9 Å². The number of nitro groups is 1. The first-order valence-electron chi connectivity index (χ1n) is 15.1. The molecule has 0 aliphatic carbocycles. The molecule has 0 amide bonds. The minimum absolute atomic E-state index is 0.00733. The molecule has 0 saturated carbocycles. The van der Waals surface area contributed by atoms with Gasteiger partial charge in [-0.3, -0.25) is 10.1 Å². The topological polar surface area (TPSA) is 114 Å². The second-order valence-corrected chi connectivity index (χ2v) is 10.2. The summed E-state index contributed by atoms with van der Waals surface area (Å²) in [5.74, 6) is 0.0339. The first kappa shape index (κ1) is 33.1. The molecule has 9 nitrogen and oxygen atoms in total. The Labute approximate surface area is 253 Å². The number of carbonyl (C=O) groups is 2. The molecule has 0 saturated heterocycles. The number of hydrogen-bond acceptors (Lipinski definition) is 8. The van der Waals surface area contributed by atoms with E-state index in [2.05, 4.69) is 13.8 Å². The number of unbranched alkanes of at least 4 members (excludes halogenated alkanes) is 8. The summed E-state index contributed by atoms with van der Waals surface area (Å²) in [6.45, 7) is 5.31. The molecule has 0 bridgehead atoms. The summed E-state index contributed by atoms with van der Waals surface area (Å²) in [7, 11) is 0. The van der Waals surface area contributed by atoms with Gasteiger partial charge in [-0.05, 0) is 73.5 Å². The SMILES string of the molecule is CCCCCCCCOc1ccc(OC(=O)c2ccc(OC(=O)c3ccc(OCCCCCC)c([N+](=O)[O-])c3)cc2)cc1. The van der Waals surface area contributed by atoms with Gasteiger partial charge in [0, 0.05) is 6.07 Å². The van der Waals surface area contributed by atoms with Gasteiger partial charge in [0.1, 0.15) is 17.2 Å². The number of hydrogen-bond donors (Lipinski definition) is 0. The highest BCUT2D eigenvalue weighted by Gasteiger charge is 2.20. The summed E-state index contributed by atoms with van der Waals surface area (Å²) in [5.41, 5.74) is -0.0346. The molecule has 0 heterocycles. The fourth-order valence-corrected chi connectivity index (χ4v) is 4.29. The van der Waals surface area contributed by atoms with E-state index in [1.807, 2.05) is 0 Å². The minimum Gasteiger partial charge on any atom is -0.494 e. The Morgan fingerprint density at radius 2 is 1.07 bits per heavy atom. The zero-order chi connectivity index (χ0) is 30.9. The van der Waals surface area contributed by atoms with E-state index in [0.717, 1.165) is 50.3 Å². The van der Waals surface area contributed by atoms with Crippen molar-refractivity contribution >= 4 is 17.6 Å². The van der Waals surface area contributed by atoms with Crippen molar-refractivity contribution in [2.45, 2.75) is 78.1 Å². The summed E-state index contributed by atoms with van der Waals surface area (Å²) in [6.07, 6.45) is 11.1. The van der Waals surface area contributed by atoms with E-state index in [1.165, 1.54) is 62.1 Å². The number of rotatable bonds is 19. The number of esters is 2. The van der Waals surface area contributed by atoms with Crippen LogP contribution in [-0.4, -0.2) is 30.1 Å². The first-order chi connectivity index (χ1) is 20.9. The van der Waals surface area contributed by atoms with Gasteiger partial charge in [-0.1, -0.05) is 65.2 Å². The molecule has 3 rings (SSSR count). The smallest absolute Gasteiger partial charge is 0.343 e. The average Bonchev–Trinajstić information content (AvgIpc) is 3.01.